The molecule has 0 spiro atoms. The molecule has 108 valence electrons. The van der Waals surface area contributed by atoms with Crippen LogP contribution in [0.4, 0.5) is 15.8 Å². The largest absolute Gasteiger partial charge is 0.481 e. The fraction of sp³-hybridized carbons (Fsp3) is 0.417. The van der Waals surface area contributed by atoms with E-state index in [4.69, 9.17) is 9.84 Å². The third-order valence-corrected chi connectivity index (χ3v) is 3.02. The van der Waals surface area contributed by atoms with Crippen molar-refractivity contribution in [1.29, 1.82) is 0 Å². The van der Waals surface area contributed by atoms with Crippen molar-refractivity contribution in [1.82, 2.24) is 0 Å². The van der Waals surface area contributed by atoms with Crippen LogP contribution in [0.15, 0.2) is 18.2 Å². The van der Waals surface area contributed by atoms with Crippen molar-refractivity contribution in [3.05, 3.63) is 34.1 Å². The van der Waals surface area contributed by atoms with E-state index in [1.807, 2.05) is 0 Å². The van der Waals surface area contributed by atoms with Crippen LogP contribution >= 0.6 is 0 Å². The van der Waals surface area contributed by atoms with Crippen LogP contribution in [0.25, 0.3) is 0 Å². The summed E-state index contributed by atoms with van der Waals surface area (Å²) in [5, 5.41) is 19.7. The van der Waals surface area contributed by atoms with E-state index in [0.29, 0.717) is 6.54 Å². The Hall–Kier alpha value is -2.22. The van der Waals surface area contributed by atoms with Gasteiger partial charge in [-0.3, -0.25) is 14.9 Å². The number of rotatable bonds is 4. The Bertz CT molecular complexity index is 537. The maximum absolute atomic E-state index is 13.3. The molecule has 1 aromatic rings. The van der Waals surface area contributed by atoms with Crippen LogP contribution < -0.4 is 4.90 Å². The number of ether oxygens (including phenoxy) is 1. The van der Waals surface area contributed by atoms with E-state index in [0.717, 1.165) is 18.2 Å². The summed E-state index contributed by atoms with van der Waals surface area (Å²) in [6, 6.07) is 3.21. The van der Waals surface area contributed by atoms with Crippen molar-refractivity contribution in [2.75, 3.05) is 24.6 Å². The summed E-state index contributed by atoms with van der Waals surface area (Å²) in [6.45, 7) is 0.766. The SMILES string of the molecule is O=C(O)CC1CN(c2cc(F)ccc2[N+](=O)[O-])CCO1. The van der Waals surface area contributed by atoms with Gasteiger partial charge in [0.1, 0.15) is 11.5 Å². The Morgan fingerprint density at radius 1 is 1.60 bits per heavy atom. The zero-order valence-corrected chi connectivity index (χ0v) is 10.5. The minimum absolute atomic E-state index is 0.147. The number of aliphatic carboxylic acids is 1. The van der Waals surface area contributed by atoms with Crippen LogP contribution in [0.3, 0.4) is 0 Å². The summed E-state index contributed by atoms with van der Waals surface area (Å²) < 4.78 is 18.6. The molecule has 0 radical (unpaired) electrons. The number of benzene rings is 1. The summed E-state index contributed by atoms with van der Waals surface area (Å²) in [7, 11) is 0. The van der Waals surface area contributed by atoms with Crippen LogP contribution in [0.1, 0.15) is 6.42 Å². The number of hydrogen-bond donors (Lipinski definition) is 1. The monoisotopic (exact) mass is 284 g/mol. The second-order valence-electron chi connectivity index (χ2n) is 4.43. The van der Waals surface area contributed by atoms with Gasteiger partial charge < -0.3 is 14.7 Å². The maximum Gasteiger partial charge on any atom is 0.306 e. The molecule has 8 heteroatoms. The smallest absolute Gasteiger partial charge is 0.306 e. The average Bonchev–Trinajstić information content (AvgIpc) is 2.37. The van der Waals surface area contributed by atoms with Crippen LogP contribution in [0.2, 0.25) is 0 Å². The standard InChI is InChI=1S/C12H13FN2O5/c13-8-1-2-10(15(18)19)11(5-8)14-3-4-20-9(7-14)6-12(16)17/h1-2,5,9H,3-4,6-7H2,(H,16,17). The zero-order chi connectivity index (χ0) is 14.7. The molecule has 0 aromatic heterocycles. The van der Waals surface area contributed by atoms with Crippen molar-refractivity contribution in [2.45, 2.75) is 12.5 Å². The highest BCUT2D eigenvalue weighted by Gasteiger charge is 2.27. The first-order valence-electron chi connectivity index (χ1n) is 5.99. The Labute approximate surface area is 113 Å². The van der Waals surface area contributed by atoms with Gasteiger partial charge in [0, 0.05) is 25.2 Å². The van der Waals surface area contributed by atoms with Gasteiger partial charge in [-0.2, -0.15) is 0 Å². The predicted molar refractivity (Wildman–Crippen MR) is 67.3 cm³/mol. The molecule has 1 N–H and O–H groups in total. The third kappa shape index (κ3) is 3.21. The van der Waals surface area contributed by atoms with Crippen molar-refractivity contribution in [2.24, 2.45) is 0 Å². The number of nitro groups is 1. The Kier molecular flexibility index (Phi) is 4.14. The first-order valence-corrected chi connectivity index (χ1v) is 5.99. The molecule has 1 heterocycles. The molecule has 20 heavy (non-hydrogen) atoms. The lowest BCUT2D eigenvalue weighted by Gasteiger charge is -2.33. The molecule has 1 unspecified atom stereocenters. The van der Waals surface area contributed by atoms with Crippen molar-refractivity contribution >= 4 is 17.3 Å². The number of morpholine rings is 1. The lowest BCUT2D eigenvalue weighted by molar-refractivity contribution is -0.384. The summed E-state index contributed by atoms with van der Waals surface area (Å²) in [4.78, 5) is 22.6. The van der Waals surface area contributed by atoms with Gasteiger partial charge in [0.25, 0.3) is 5.69 Å². The summed E-state index contributed by atoms with van der Waals surface area (Å²) >= 11 is 0. The average molecular weight is 284 g/mol. The van der Waals surface area contributed by atoms with Crippen LogP contribution in [-0.4, -0.2) is 41.8 Å². The van der Waals surface area contributed by atoms with Crippen molar-refractivity contribution in [3.8, 4) is 0 Å². The molecule has 1 aromatic carbocycles. The minimum Gasteiger partial charge on any atom is -0.481 e. The molecule has 7 nitrogen and oxygen atoms in total. The molecule has 1 fully saturated rings. The summed E-state index contributed by atoms with van der Waals surface area (Å²) in [5.41, 5.74) is -0.0592. The first-order chi connectivity index (χ1) is 9.47. The minimum atomic E-state index is -1.01. The maximum atomic E-state index is 13.3. The molecule has 2 rings (SSSR count). The van der Waals surface area contributed by atoms with Gasteiger partial charge in [-0.1, -0.05) is 0 Å². The van der Waals surface area contributed by atoms with Gasteiger partial charge in [-0.25, -0.2) is 4.39 Å². The molecule has 1 saturated heterocycles. The van der Waals surface area contributed by atoms with E-state index in [2.05, 4.69) is 0 Å². The molecule has 0 amide bonds. The summed E-state index contributed by atoms with van der Waals surface area (Å²) in [6.07, 6.45) is -0.760. The number of halogens is 1. The van der Waals surface area contributed by atoms with Crippen molar-refractivity contribution in [3.63, 3.8) is 0 Å². The topological polar surface area (TPSA) is 92.9 Å². The number of hydrogen-bond acceptors (Lipinski definition) is 5. The zero-order valence-electron chi connectivity index (χ0n) is 10.5. The lowest BCUT2D eigenvalue weighted by atomic mass is 10.1. The van der Waals surface area contributed by atoms with E-state index < -0.39 is 22.8 Å². The summed E-state index contributed by atoms with van der Waals surface area (Å²) in [5.74, 6) is -1.59. The molecule has 1 atom stereocenters. The van der Waals surface area contributed by atoms with Crippen molar-refractivity contribution < 1.29 is 24.0 Å². The van der Waals surface area contributed by atoms with E-state index in [9.17, 15) is 19.3 Å². The van der Waals surface area contributed by atoms with Gasteiger partial charge in [-0.05, 0) is 6.07 Å². The van der Waals surface area contributed by atoms with Gasteiger partial charge in [0.2, 0.25) is 0 Å². The molecular formula is C12H13FN2O5. The molecule has 1 aliphatic rings. The highest BCUT2D eigenvalue weighted by molar-refractivity contribution is 5.68. The second-order valence-corrected chi connectivity index (χ2v) is 4.43. The second kappa shape index (κ2) is 5.83. The normalized spacial score (nSPS) is 18.9. The van der Waals surface area contributed by atoms with Gasteiger partial charge >= 0.3 is 5.97 Å². The quantitative estimate of drug-likeness (QED) is 0.663. The highest BCUT2D eigenvalue weighted by atomic mass is 19.1. The highest BCUT2D eigenvalue weighted by Crippen LogP contribution is 2.30. The van der Waals surface area contributed by atoms with Crippen LogP contribution in [0.5, 0.6) is 0 Å². The van der Waals surface area contributed by atoms with Gasteiger partial charge in [0.15, 0.2) is 0 Å². The molecule has 0 aliphatic carbocycles. The molecule has 1 aliphatic heterocycles. The molecular weight excluding hydrogens is 271 g/mol. The van der Waals surface area contributed by atoms with E-state index in [1.165, 1.54) is 0 Å². The molecule has 0 bridgehead atoms. The lowest BCUT2D eigenvalue weighted by Crippen LogP contribution is -2.43. The number of carboxylic acid groups (broad SMARTS) is 1. The predicted octanol–water partition coefficient (Wildman–Crippen LogP) is 1.41. The Morgan fingerprint density at radius 3 is 3.00 bits per heavy atom. The number of anilines is 1. The van der Waals surface area contributed by atoms with Gasteiger partial charge in [-0.15, -0.1) is 0 Å². The third-order valence-electron chi connectivity index (χ3n) is 3.02. The Balaban J connectivity index is 2.24. The van der Waals surface area contributed by atoms with E-state index in [-0.39, 0.29) is 30.9 Å². The van der Waals surface area contributed by atoms with Crippen LogP contribution in [-0.2, 0) is 9.53 Å². The van der Waals surface area contributed by atoms with Gasteiger partial charge in [0.05, 0.1) is 24.1 Å². The fourth-order valence-electron chi connectivity index (χ4n) is 2.16. The molecule has 0 saturated carbocycles. The number of nitro benzene ring substituents is 1. The number of nitrogens with zero attached hydrogens (tertiary/aromatic N) is 2. The Morgan fingerprint density at radius 2 is 2.35 bits per heavy atom. The van der Waals surface area contributed by atoms with E-state index in [1.54, 1.807) is 4.90 Å². The fourth-order valence-corrected chi connectivity index (χ4v) is 2.16. The van der Waals surface area contributed by atoms with E-state index >= 15 is 0 Å². The number of carboxylic acids is 1. The first kappa shape index (κ1) is 14.2. The number of carbonyl (C=O) groups is 1. The van der Waals surface area contributed by atoms with Crippen LogP contribution in [0, 0.1) is 15.9 Å².